The molecule has 1 rings (SSSR count). The van der Waals surface area contributed by atoms with Gasteiger partial charge in [0.25, 0.3) is 0 Å². The Morgan fingerprint density at radius 2 is 2.25 bits per heavy atom. The van der Waals surface area contributed by atoms with E-state index in [1.165, 1.54) is 4.88 Å². The van der Waals surface area contributed by atoms with Gasteiger partial charge in [-0.25, -0.2) is 0 Å². The van der Waals surface area contributed by atoms with Crippen LogP contribution in [0.4, 0.5) is 0 Å². The predicted octanol–water partition coefficient (Wildman–Crippen LogP) is 2.74. The van der Waals surface area contributed by atoms with Crippen LogP contribution in [0.5, 0.6) is 0 Å². The van der Waals surface area contributed by atoms with Crippen molar-refractivity contribution >= 4 is 28.9 Å². The number of aliphatic carboxylic acids is 1. The van der Waals surface area contributed by atoms with Gasteiger partial charge in [-0.3, -0.25) is 4.79 Å². The first-order valence-corrected chi connectivity index (χ1v) is 6.29. The second-order valence-corrected chi connectivity index (χ2v) is 6.02. The number of rotatable bonds is 6. The van der Waals surface area contributed by atoms with Crippen molar-refractivity contribution in [3.63, 3.8) is 0 Å². The maximum Gasteiger partial charge on any atom is 0.304 e. The summed E-state index contributed by atoms with van der Waals surface area (Å²) in [5, 5.41) is 11.7. The number of hydrogen-bond donors (Lipinski definition) is 2. The van der Waals surface area contributed by atoms with Gasteiger partial charge < -0.3 is 10.4 Å². The molecular formula is C11H16ClNO2S. The Balaban J connectivity index is 2.43. The summed E-state index contributed by atoms with van der Waals surface area (Å²) >= 11 is 7.46. The number of nitrogens with one attached hydrogen (secondary N) is 1. The molecule has 90 valence electrons. The Hall–Kier alpha value is -0.580. The van der Waals surface area contributed by atoms with E-state index in [4.69, 9.17) is 16.7 Å². The van der Waals surface area contributed by atoms with Crippen LogP contribution in [0.15, 0.2) is 12.1 Å². The van der Waals surface area contributed by atoms with Crippen molar-refractivity contribution in [2.75, 3.05) is 13.1 Å². The number of carboxylic acids is 1. The molecule has 0 aromatic carbocycles. The summed E-state index contributed by atoms with van der Waals surface area (Å²) in [6.45, 7) is 5.47. The van der Waals surface area contributed by atoms with E-state index < -0.39 is 5.97 Å². The fourth-order valence-corrected chi connectivity index (χ4v) is 2.50. The largest absolute Gasteiger partial charge is 0.481 e. The minimum atomic E-state index is -0.774. The van der Waals surface area contributed by atoms with Crippen molar-refractivity contribution in [2.45, 2.75) is 25.7 Å². The molecule has 0 atom stereocenters. The Morgan fingerprint density at radius 1 is 1.56 bits per heavy atom. The number of carboxylic acid groups (broad SMARTS) is 1. The van der Waals surface area contributed by atoms with Gasteiger partial charge in [0.2, 0.25) is 0 Å². The Kier molecular flexibility index (Phi) is 4.77. The molecule has 0 spiro atoms. The molecule has 0 saturated heterocycles. The molecule has 0 amide bonds. The highest BCUT2D eigenvalue weighted by Gasteiger charge is 2.21. The first kappa shape index (κ1) is 13.5. The zero-order valence-corrected chi connectivity index (χ0v) is 11.0. The van der Waals surface area contributed by atoms with Crippen molar-refractivity contribution in [1.29, 1.82) is 0 Å². The van der Waals surface area contributed by atoms with Crippen LogP contribution in [0, 0.1) is 0 Å². The van der Waals surface area contributed by atoms with Gasteiger partial charge in [0.05, 0.1) is 10.8 Å². The van der Waals surface area contributed by atoms with Gasteiger partial charge in [0.1, 0.15) is 0 Å². The maximum atomic E-state index is 10.3. The molecular weight excluding hydrogens is 246 g/mol. The Bertz CT molecular complexity index is 363. The van der Waals surface area contributed by atoms with Crippen molar-refractivity contribution in [3.05, 3.63) is 21.3 Å². The molecule has 1 aromatic rings. The predicted molar refractivity (Wildman–Crippen MR) is 67.5 cm³/mol. The molecule has 5 heteroatoms. The summed E-state index contributed by atoms with van der Waals surface area (Å²) in [6, 6.07) is 3.91. The van der Waals surface area contributed by atoms with Crippen LogP contribution in [0.2, 0.25) is 4.34 Å². The third-order valence-electron chi connectivity index (χ3n) is 2.32. The van der Waals surface area contributed by atoms with Crippen LogP contribution < -0.4 is 5.32 Å². The molecule has 0 unspecified atom stereocenters. The zero-order chi connectivity index (χ0) is 12.2. The highest BCUT2D eigenvalue weighted by Crippen LogP contribution is 2.31. The summed E-state index contributed by atoms with van der Waals surface area (Å²) in [5.41, 5.74) is -0.0175. The smallest absolute Gasteiger partial charge is 0.304 e. The highest BCUT2D eigenvalue weighted by atomic mass is 35.5. The SMILES string of the molecule is CC(C)(CNCCC(=O)O)c1ccc(Cl)s1. The number of carbonyl (C=O) groups is 1. The van der Waals surface area contributed by atoms with Gasteiger partial charge in [0.15, 0.2) is 0 Å². The van der Waals surface area contributed by atoms with Crippen LogP contribution in [-0.2, 0) is 10.2 Å². The normalized spacial score (nSPS) is 11.7. The molecule has 0 aliphatic heterocycles. The molecule has 1 aromatic heterocycles. The molecule has 0 bridgehead atoms. The second kappa shape index (κ2) is 5.66. The Labute approximate surface area is 104 Å². The van der Waals surface area contributed by atoms with E-state index in [-0.39, 0.29) is 11.8 Å². The molecule has 2 N–H and O–H groups in total. The first-order valence-electron chi connectivity index (χ1n) is 5.10. The van der Waals surface area contributed by atoms with Crippen molar-refractivity contribution < 1.29 is 9.90 Å². The maximum absolute atomic E-state index is 10.3. The molecule has 3 nitrogen and oxygen atoms in total. The average molecular weight is 262 g/mol. The van der Waals surface area contributed by atoms with Crippen LogP contribution in [0.3, 0.4) is 0 Å². The van der Waals surface area contributed by atoms with Crippen molar-refractivity contribution in [1.82, 2.24) is 5.32 Å². The molecule has 1 heterocycles. The lowest BCUT2D eigenvalue weighted by Gasteiger charge is -2.23. The van der Waals surface area contributed by atoms with Crippen molar-refractivity contribution in [3.8, 4) is 0 Å². The third-order valence-corrected chi connectivity index (χ3v) is 3.92. The quantitative estimate of drug-likeness (QED) is 0.774. The lowest BCUT2D eigenvalue weighted by atomic mass is 9.91. The summed E-state index contributed by atoms with van der Waals surface area (Å²) < 4.78 is 0.786. The van der Waals surface area contributed by atoms with Gasteiger partial charge in [-0.2, -0.15) is 0 Å². The summed E-state index contributed by atoms with van der Waals surface area (Å²) in [4.78, 5) is 11.6. The van der Waals surface area contributed by atoms with Crippen LogP contribution in [0.25, 0.3) is 0 Å². The topological polar surface area (TPSA) is 49.3 Å². The van der Waals surface area contributed by atoms with Crippen molar-refractivity contribution in [2.24, 2.45) is 0 Å². The van der Waals surface area contributed by atoms with Gasteiger partial charge in [-0.1, -0.05) is 25.4 Å². The van der Waals surface area contributed by atoms with E-state index in [2.05, 4.69) is 19.2 Å². The molecule has 16 heavy (non-hydrogen) atoms. The van der Waals surface area contributed by atoms with Crippen LogP contribution in [-0.4, -0.2) is 24.2 Å². The lowest BCUT2D eigenvalue weighted by Crippen LogP contribution is -2.33. The van der Waals surface area contributed by atoms with E-state index in [1.807, 2.05) is 12.1 Å². The molecule has 0 saturated carbocycles. The monoisotopic (exact) mass is 261 g/mol. The average Bonchev–Trinajstić information content (AvgIpc) is 2.60. The molecule has 0 fully saturated rings. The minimum Gasteiger partial charge on any atom is -0.481 e. The summed E-state index contributed by atoms with van der Waals surface area (Å²) in [7, 11) is 0. The van der Waals surface area contributed by atoms with Gasteiger partial charge >= 0.3 is 5.97 Å². The van der Waals surface area contributed by atoms with E-state index in [9.17, 15) is 4.79 Å². The summed E-state index contributed by atoms with van der Waals surface area (Å²) in [6.07, 6.45) is 0.154. The number of thiophene rings is 1. The molecule has 0 aliphatic rings. The fourth-order valence-electron chi connectivity index (χ4n) is 1.36. The lowest BCUT2D eigenvalue weighted by molar-refractivity contribution is -0.136. The molecule has 0 radical (unpaired) electrons. The number of hydrogen-bond acceptors (Lipinski definition) is 3. The Morgan fingerprint density at radius 3 is 2.75 bits per heavy atom. The highest BCUT2D eigenvalue weighted by molar-refractivity contribution is 7.16. The first-order chi connectivity index (χ1) is 7.42. The van der Waals surface area contributed by atoms with E-state index in [1.54, 1.807) is 11.3 Å². The molecule has 0 aliphatic carbocycles. The summed E-state index contributed by atoms with van der Waals surface area (Å²) in [5.74, 6) is -0.774. The van der Waals surface area contributed by atoms with Gasteiger partial charge in [0, 0.05) is 23.4 Å². The van der Waals surface area contributed by atoms with Gasteiger partial charge in [-0.15, -0.1) is 11.3 Å². The van der Waals surface area contributed by atoms with E-state index >= 15 is 0 Å². The van der Waals surface area contributed by atoms with E-state index in [0.717, 1.165) is 10.9 Å². The zero-order valence-electron chi connectivity index (χ0n) is 9.42. The van der Waals surface area contributed by atoms with E-state index in [0.29, 0.717) is 6.54 Å². The number of halogens is 1. The van der Waals surface area contributed by atoms with Crippen LogP contribution >= 0.6 is 22.9 Å². The standard InChI is InChI=1S/C11H16ClNO2S/c1-11(2,7-13-6-5-10(14)15)8-3-4-9(12)16-8/h3-4,13H,5-7H2,1-2H3,(H,14,15). The van der Waals surface area contributed by atoms with Crippen LogP contribution in [0.1, 0.15) is 25.1 Å². The second-order valence-electron chi connectivity index (χ2n) is 4.31. The third kappa shape index (κ3) is 4.12. The van der Waals surface area contributed by atoms with Gasteiger partial charge in [-0.05, 0) is 12.1 Å². The minimum absolute atomic E-state index is 0.0175. The fraction of sp³-hybridized carbons (Fsp3) is 0.545.